The van der Waals surface area contributed by atoms with Crippen LogP contribution in [0.3, 0.4) is 0 Å². The molecule has 0 saturated carbocycles. The van der Waals surface area contributed by atoms with Gasteiger partial charge < -0.3 is 4.74 Å². The smallest absolute Gasteiger partial charge is 0.272 e. The van der Waals surface area contributed by atoms with Crippen LogP contribution < -0.4 is 0 Å². The molecule has 18 heavy (non-hydrogen) atoms. The zero-order valence-electron chi connectivity index (χ0n) is 11.1. The summed E-state index contributed by atoms with van der Waals surface area (Å²) in [6.45, 7) is 5.74. The number of hydrogen-bond acceptors (Lipinski definition) is 2. The maximum absolute atomic E-state index is 11.6. The fourth-order valence-electron chi connectivity index (χ4n) is 1.35. The van der Waals surface area contributed by atoms with Gasteiger partial charge in [0.15, 0.2) is 5.90 Å². The minimum absolute atomic E-state index is 0.0367. The van der Waals surface area contributed by atoms with Gasteiger partial charge in [0.1, 0.15) is 0 Å². The van der Waals surface area contributed by atoms with E-state index in [0.717, 1.165) is 5.56 Å². The van der Waals surface area contributed by atoms with Crippen molar-refractivity contribution in [2.24, 2.45) is 4.99 Å². The molecule has 1 rings (SSSR count). The molecule has 0 atom stereocenters. The summed E-state index contributed by atoms with van der Waals surface area (Å²) in [7, 11) is 0. The van der Waals surface area contributed by atoms with Crippen molar-refractivity contribution in [1.82, 2.24) is 0 Å². The minimum Gasteiger partial charge on any atom is -0.478 e. The van der Waals surface area contributed by atoms with E-state index < -0.39 is 0 Å². The van der Waals surface area contributed by atoms with E-state index >= 15 is 0 Å². The van der Waals surface area contributed by atoms with Crippen molar-refractivity contribution in [3.8, 4) is 0 Å². The number of carbonyl (C=O) groups is 1. The van der Waals surface area contributed by atoms with Crippen LogP contribution in [0.5, 0.6) is 0 Å². The second kappa shape index (κ2) is 7.43. The summed E-state index contributed by atoms with van der Waals surface area (Å²) in [4.78, 5) is 15.5. The average molecular weight is 245 g/mol. The Bertz CT molecular complexity index is 433. The number of carbonyl (C=O) groups excluding carboxylic acids is 1. The van der Waals surface area contributed by atoms with E-state index in [0.29, 0.717) is 12.3 Å². The summed E-state index contributed by atoms with van der Waals surface area (Å²) in [5, 5.41) is 0. The SMILES string of the molecule is CCC(=NC(=O)/C=C/c1ccccc1)OC(C)C. The van der Waals surface area contributed by atoms with Crippen LogP contribution in [0.2, 0.25) is 0 Å². The molecule has 3 nitrogen and oxygen atoms in total. The highest BCUT2D eigenvalue weighted by molar-refractivity contribution is 5.99. The van der Waals surface area contributed by atoms with Crippen LogP contribution >= 0.6 is 0 Å². The number of aliphatic imine (C=N–C) groups is 1. The maximum atomic E-state index is 11.6. The third kappa shape index (κ3) is 5.43. The Hall–Kier alpha value is -1.90. The zero-order chi connectivity index (χ0) is 13.4. The van der Waals surface area contributed by atoms with Gasteiger partial charge in [-0.15, -0.1) is 0 Å². The first-order valence-corrected chi connectivity index (χ1v) is 6.13. The first kappa shape index (κ1) is 14.2. The largest absolute Gasteiger partial charge is 0.478 e. The van der Waals surface area contributed by atoms with E-state index in [1.165, 1.54) is 6.08 Å². The second-order valence-corrected chi connectivity index (χ2v) is 4.11. The van der Waals surface area contributed by atoms with Crippen LogP contribution in [0.15, 0.2) is 41.4 Å². The van der Waals surface area contributed by atoms with Gasteiger partial charge in [-0.2, -0.15) is 4.99 Å². The van der Waals surface area contributed by atoms with Crippen LogP contribution in [0.1, 0.15) is 32.8 Å². The molecular formula is C15H19NO2. The Balaban J connectivity index is 2.65. The van der Waals surface area contributed by atoms with E-state index in [1.54, 1.807) is 6.08 Å². The fourth-order valence-corrected chi connectivity index (χ4v) is 1.35. The highest BCUT2D eigenvalue weighted by Gasteiger charge is 2.02. The van der Waals surface area contributed by atoms with Crippen LogP contribution in [0, 0.1) is 0 Å². The van der Waals surface area contributed by atoms with E-state index in [4.69, 9.17) is 4.74 Å². The van der Waals surface area contributed by atoms with E-state index in [2.05, 4.69) is 4.99 Å². The normalized spacial score (nSPS) is 12.1. The maximum Gasteiger partial charge on any atom is 0.272 e. The molecule has 0 N–H and O–H groups in total. The summed E-state index contributed by atoms with van der Waals surface area (Å²) < 4.78 is 5.42. The Kier molecular flexibility index (Phi) is 5.85. The van der Waals surface area contributed by atoms with Crippen LogP contribution in [-0.4, -0.2) is 17.9 Å². The van der Waals surface area contributed by atoms with Gasteiger partial charge in [0, 0.05) is 12.5 Å². The molecule has 96 valence electrons. The summed E-state index contributed by atoms with van der Waals surface area (Å²) in [6.07, 6.45) is 3.85. The topological polar surface area (TPSA) is 38.7 Å². The van der Waals surface area contributed by atoms with Crippen LogP contribution in [0.4, 0.5) is 0 Å². The molecular weight excluding hydrogens is 226 g/mol. The zero-order valence-corrected chi connectivity index (χ0v) is 11.1. The summed E-state index contributed by atoms with van der Waals surface area (Å²) in [5.74, 6) is 0.184. The quantitative estimate of drug-likeness (QED) is 0.463. The first-order valence-electron chi connectivity index (χ1n) is 6.13. The Morgan fingerprint density at radius 1 is 1.33 bits per heavy atom. The lowest BCUT2D eigenvalue weighted by molar-refractivity contribution is -0.113. The molecule has 0 radical (unpaired) electrons. The minimum atomic E-state index is -0.295. The molecule has 0 aliphatic heterocycles. The Morgan fingerprint density at radius 3 is 2.56 bits per heavy atom. The number of benzene rings is 1. The molecule has 0 aliphatic rings. The molecule has 1 amide bonds. The van der Waals surface area contributed by atoms with Crippen molar-refractivity contribution in [3.63, 3.8) is 0 Å². The highest BCUT2D eigenvalue weighted by atomic mass is 16.5. The summed E-state index contributed by atoms with van der Waals surface area (Å²) in [5.41, 5.74) is 0.976. The van der Waals surface area contributed by atoms with Crippen molar-refractivity contribution >= 4 is 17.9 Å². The molecule has 3 heteroatoms. The number of nitrogens with zero attached hydrogens (tertiary/aromatic N) is 1. The van der Waals surface area contributed by atoms with Crippen LogP contribution in [-0.2, 0) is 9.53 Å². The number of rotatable bonds is 4. The summed E-state index contributed by atoms with van der Waals surface area (Å²) >= 11 is 0. The lowest BCUT2D eigenvalue weighted by atomic mass is 10.2. The molecule has 1 aromatic carbocycles. The van der Waals surface area contributed by atoms with Crippen molar-refractivity contribution in [3.05, 3.63) is 42.0 Å². The van der Waals surface area contributed by atoms with Crippen molar-refractivity contribution in [2.75, 3.05) is 0 Å². The fraction of sp³-hybridized carbons (Fsp3) is 0.333. The van der Waals surface area contributed by atoms with Gasteiger partial charge in [-0.1, -0.05) is 37.3 Å². The third-order valence-electron chi connectivity index (χ3n) is 2.13. The standard InChI is InChI=1S/C15H19NO2/c1-4-15(18-12(2)3)16-14(17)11-10-13-8-6-5-7-9-13/h5-12H,4H2,1-3H3/b11-10+,16-15?. The molecule has 1 aromatic rings. The number of ether oxygens (including phenoxy) is 1. The number of amides is 1. The average Bonchev–Trinajstić information content (AvgIpc) is 2.36. The molecule has 0 aromatic heterocycles. The van der Waals surface area contributed by atoms with Gasteiger partial charge in [0.05, 0.1) is 6.10 Å². The Morgan fingerprint density at radius 2 is 2.00 bits per heavy atom. The van der Waals surface area contributed by atoms with Gasteiger partial charge in [-0.25, -0.2) is 0 Å². The first-order chi connectivity index (χ1) is 8.61. The predicted octanol–water partition coefficient (Wildman–Crippen LogP) is 3.46. The van der Waals surface area contributed by atoms with Gasteiger partial charge in [0.2, 0.25) is 0 Å². The van der Waals surface area contributed by atoms with E-state index in [9.17, 15) is 4.79 Å². The van der Waals surface area contributed by atoms with Crippen molar-refractivity contribution < 1.29 is 9.53 Å². The van der Waals surface area contributed by atoms with Gasteiger partial charge in [-0.3, -0.25) is 4.79 Å². The highest BCUT2D eigenvalue weighted by Crippen LogP contribution is 2.02. The molecule has 0 saturated heterocycles. The Labute approximate surface area is 108 Å². The van der Waals surface area contributed by atoms with Gasteiger partial charge in [-0.05, 0) is 25.5 Å². The monoisotopic (exact) mass is 245 g/mol. The number of hydrogen-bond donors (Lipinski definition) is 0. The molecule has 0 spiro atoms. The van der Waals surface area contributed by atoms with Gasteiger partial charge in [0.25, 0.3) is 5.91 Å². The molecule has 0 heterocycles. The van der Waals surface area contributed by atoms with Crippen molar-refractivity contribution in [2.45, 2.75) is 33.3 Å². The van der Waals surface area contributed by atoms with Gasteiger partial charge >= 0.3 is 0 Å². The third-order valence-corrected chi connectivity index (χ3v) is 2.13. The van der Waals surface area contributed by atoms with E-state index in [-0.39, 0.29) is 12.0 Å². The molecule has 0 fully saturated rings. The summed E-state index contributed by atoms with van der Waals surface area (Å²) in [6, 6.07) is 9.64. The van der Waals surface area contributed by atoms with Crippen LogP contribution in [0.25, 0.3) is 6.08 Å². The molecule has 0 unspecified atom stereocenters. The second-order valence-electron chi connectivity index (χ2n) is 4.11. The molecule has 0 bridgehead atoms. The lowest BCUT2D eigenvalue weighted by Crippen LogP contribution is -2.12. The molecule has 0 aliphatic carbocycles. The van der Waals surface area contributed by atoms with E-state index in [1.807, 2.05) is 51.1 Å². The predicted molar refractivity (Wildman–Crippen MR) is 74.4 cm³/mol. The van der Waals surface area contributed by atoms with Crippen molar-refractivity contribution in [1.29, 1.82) is 0 Å². The lowest BCUT2D eigenvalue weighted by Gasteiger charge is -2.09.